The van der Waals surface area contributed by atoms with E-state index in [1.807, 2.05) is 6.20 Å². The zero-order chi connectivity index (χ0) is 13.2. The van der Waals surface area contributed by atoms with E-state index in [1.54, 1.807) is 5.57 Å². The Balaban J connectivity index is 0.000000209. The second-order valence-corrected chi connectivity index (χ2v) is 6.10. The van der Waals surface area contributed by atoms with Crippen LogP contribution in [0.1, 0.15) is 17.7 Å². The van der Waals surface area contributed by atoms with Gasteiger partial charge >= 0.3 is 0 Å². The van der Waals surface area contributed by atoms with Crippen LogP contribution < -0.4 is 5.32 Å². The number of rotatable bonds is 0. The number of H-pyrrole nitrogens is 1. The third-order valence-electron chi connectivity index (χ3n) is 3.16. The van der Waals surface area contributed by atoms with Crippen molar-refractivity contribution in [3.05, 3.63) is 23.0 Å². The second-order valence-electron chi connectivity index (χ2n) is 4.70. The molecule has 6 nitrogen and oxygen atoms in total. The van der Waals surface area contributed by atoms with Gasteiger partial charge in [-0.15, -0.1) is 0 Å². The lowest BCUT2D eigenvalue weighted by Gasteiger charge is -2.26. The van der Waals surface area contributed by atoms with Gasteiger partial charge in [0, 0.05) is 18.6 Å². The fraction of sp³-hybridized carbons (Fsp3) is 0.545. The van der Waals surface area contributed by atoms with E-state index in [0.29, 0.717) is 6.26 Å². The molecule has 0 radical (unpaired) electrons. The standard InChI is InChI=1S/C10H13N3.CH4O3S/c1-2-11-5-8-3-9-6-12-13-10(9)4-7(1)8;1-5(2,3)4/h4,6,8,11H,1-3,5H2,(H,12,13);1H3,(H,2,3,4). The zero-order valence-electron chi connectivity index (χ0n) is 10.2. The summed E-state index contributed by atoms with van der Waals surface area (Å²) < 4.78 is 27.2. The Morgan fingerprint density at radius 2 is 2.28 bits per heavy atom. The summed E-state index contributed by atoms with van der Waals surface area (Å²) in [6, 6.07) is 0. The highest BCUT2D eigenvalue weighted by atomic mass is 32.2. The minimum atomic E-state index is -3.92. The number of piperidine rings is 1. The van der Waals surface area contributed by atoms with Crippen LogP contribution in [0.5, 0.6) is 0 Å². The van der Waals surface area contributed by atoms with Crippen molar-refractivity contribution < 1.29 is 18.3 Å². The van der Waals surface area contributed by atoms with E-state index >= 15 is 0 Å². The number of nitrogens with two attached hydrogens (primary N) is 1. The largest absolute Gasteiger partial charge is 0.748 e. The van der Waals surface area contributed by atoms with Crippen molar-refractivity contribution in [1.29, 1.82) is 0 Å². The zero-order valence-corrected chi connectivity index (χ0v) is 11.0. The molecule has 0 aromatic carbocycles. The molecule has 1 aliphatic heterocycles. The van der Waals surface area contributed by atoms with E-state index in [4.69, 9.17) is 13.0 Å². The van der Waals surface area contributed by atoms with Crippen LogP contribution in [0.25, 0.3) is 6.08 Å². The van der Waals surface area contributed by atoms with Gasteiger partial charge in [0.25, 0.3) is 0 Å². The minimum Gasteiger partial charge on any atom is -0.748 e. The van der Waals surface area contributed by atoms with Crippen molar-refractivity contribution >= 4 is 16.2 Å². The van der Waals surface area contributed by atoms with Gasteiger partial charge in [0.1, 0.15) is 0 Å². The molecular formula is C11H17N3O3S. The average molecular weight is 271 g/mol. The van der Waals surface area contributed by atoms with Crippen LogP contribution in [0, 0.1) is 5.92 Å². The average Bonchev–Trinajstić information content (AvgIpc) is 2.70. The second kappa shape index (κ2) is 5.21. The van der Waals surface area contributed by atoms with Crippen LogP contribution in [0.15, 0.2) is 11.8 Å². The Bertz CT molecular complexity index is 540. The molecule has 3 N–H and O–H groups in total. The lowest BCUT2D eigenvalue weighted by Crippen LogP contribution is -2.87. The normalized spacial score (nSPS) is 22.1. The van der Waals surface area contributed by atoms with E-state index in [0.717, 1.165) is 5.92 Å². The first-order valence-electron chi connectivity index (χ1n) is 5.88. The Hall–Kier alpha value is -1.18. The van der Waals surface area contributed by atoms with Gasteiger partial charge < -0.3 is 9.87 Å². The van der Waals surface area contributed by atoms with Gasteiger partial charge in [-0.25, -0.2) is 8.42 Å². The number of nitrogens with one attached hydrogen (secondary N) is 1. The van der Waals surface area contributed by atoms with Gasteiger partial charge in [-0.05, 0) is 18.1 Å². The first-order valence-corrected chi connectivity index (χ1v) is 7.70. The maximum atomic E-state index is 9.08. The van der Waals surface area contributed by atoms with Crippen LogP contribution in [0.2, 0.25) is 0 Å². The van der Waals surface area contributed by atoms with Crippen molar-refractivity contribution in [3.8, 4) is 0 Å². The van der Waals surface area contributed by atoms with Gasteiger partial charge in [0.15, 0.2) is 0 Å². The number of aromatic amines is 1. The summed E-state index contributed by atoms with van der Waals surface area (Å²) in [6.45, 7) is 2.52. The molecular weight excluding hydrogens is 254 g/mol. The third kappa shape index (κ3) is 3.66. The van der Waals surface area contributed by atoms with E-state index in [2.05, 4.69) is 21.6 Å². The molecule has 1 aromatic rings. The molecule has 1 atom stereocenters. The summed E-state index contributed by atoms with van der Waals surface area (Å²) in [5.41, 5.74) is 4.26. The number of hydrogen-bond donors (Lipinski definition) is 2. The molecule has 7 heteroatoms. The molecule has 1 aromatic heterocycles. The summed E-state index contributed by atoms with van der Waals surface area (Å²) in [6.07, 6.45) is 7.32. The van der Waals surface area contributed by atoms with Crippen molar-refractivity contribution in [2.75, 3.05) is 19.3 Å². The first kappa shape index (κ1) is 13.3. The Morgan fingerprint density at radius 3 is 3.00 bits per heavy atom. The fourth-order valence-electron chi connectivity index (χ4n) is 2.41. The molecule has 1 saturated heterocycles. The Labute approximate surface area is 106 Å². The quantitative estimate of drug-likeness (QED) is 0.596. The molecule has 1 unspecified atom stereocenters. The first-order chi connectivity index (χ1) is 8.43. The van der Waals surface area contributed by atoms with Crippen molar-refractivity contribution in [1.82, 2.24) is 10.2 Å². The molecule has 0 amide bonds. The SMILES string of the molecule is C1=C2CC[NH2+]CC2Cc2cn[nH]c21.CS(=O)(=O)[O-]. The Morgan fingerprint density at radius 1 is 1.56 bits per heavy atom. The molecule has 0 saturated carbocycles. The molecule has 18 heavy (non-hydrogen) atoms. The molecule has 100 valence electrons. The number of nitrogens with zero attached hydrogens (tertiary/aromatic N) is 1. The predicted molar refractivity (Wildman–Crippen MR) is 65.7 cm³/mol. The van der Waals surface area contributed by atoms with Crippen LogP contribution >= 0.6 is 0 Å². The smallest absolute Gasteiger partial charge is 0.0916 e. The summed E-state index contributed by atoms with van der Waals surface area (Å²) in [5.74, 6) is 0.777. The third-order valence-corrected chi connectivity index (χ3v) is 3.16. The van der Waals surface area contributed by atoms with Crippen molar-refractivity contribution in [3.63, 3.8) is 0 Å². The molecule has 1 fully saturated rings. The van der Waals surface area contributed by atoms with E-state index in [-0.39, 0.29) is 0 Å². The number of quaternary nitrogens is 1. The van der Waals surface area contributed by atoms with Gasteiger partial charge in [-0.2, -0.15) is 5.10 Å². The molecule has 1 aliphatic carbocycles. The van der Waals surface area contributed by atoms with E-state index in [1.165, 1.54) is 37.2 Å². The minimum absolute atomic E-state index is 0.604. The van der Waals surface area contributed by atoms with Crippen LogP contribution in [0.4, 0.5) is 0 Å². The van der Waals surface area contributed by atoms with Gasteiger partial charge in [0.2, 0.25) is 0 Å². The summed E-state index contributed by atoms with van der Waals surface area (Å²) >= 11 is 0. The maximum absolute atomic E-state index is 9.08. The number of aromatic nitrogens is 2. The summed E-state index contributed by atoms with van der Waals surface area (Å²) in [5, 5.41) is 9.56. The lowest BCUT2D eigenvalue weighted by atomic mass is 9.83. The monoisotopic (exact) mass is 271 g/mol. The van der Waals surface area contributed by atoms with Gasteiger partial charge in [0.05, 0.1) is 35.1 Å². The summed E-state index contributed by atoms with van der Waals surface area (Å²) in [7, 11) is -3.92. The molecule has 3 rings (SSSR count). The van der Waals surface area contributed by atoms with Crippen LogP contribution in [-0.4, -0.2) is 42.5 Å². The lowest BCUT2D eigenvalue weighted by molar-refractivity contribution is -0.664. The predicted octanol–water partition coefficient (Wildman–Crippen LogP) is -0.906. The van der Waals surface area contributed by atoms with Crippen LogP contribution in [0.3, 0.4) is 0 Å². The highest BCUT2D eigenvalue weighted by molar-refractivity contribution is 7.84. The maximum Gasteiger partial charge on any atom is 0.0916 e. The topological polar surface area (TPSA) is 102 Å². The van der Waals surface area contributed by atoms with Gasteiger partial charge in [-0.1, -0.05) is 5.57 Å². The highest BCUT2D eigenvalue weighted by Gasteiger charge is 2.26. The molecule has 2 aliphatic rings. The van der Waals surface area contributed by atoms with E-state index in [9.17, 15) is 0 Å². The highest BCUT2D eigenvalue weighted by Crippen LogP contribution is 2.28. The fourth-order valence-corrected chi connectivity index (χ4v) is 2.41. The Kier molecular flexibility index (Phi) is 3.84. The van der Waals surface area contributed by atoms with Gasteiger partial charge in [-0.3, -0.25) is 5.10 Å². The van der Waals surface area contributed by atoms with Crippen molar-refractivity contribution in [2.24, 2.45) is 5.92 Å². The molecule has 0 bridgehead atoms. The molecule has 2 heterocycles. The molecule has 0 spiro atoms. The number of hydrogen-bond acceptors (Lipinski definition) is 4. The summed E-state index contributed by atoms with van der Waals surface area (Å²) in [4.78, 5) is 0. The van der Waals surface area contributed by atoms with Crippen LogP contribution in [-0.2, 0) is 16.5 Å². The number of fused-ring (bicyclic) bond motifs is 2. The van der Waals surface area contributed by atoms with E-state index < -0.39 is 10.1 Å². The van der Waals surface area contributed by atoms with Crippen molar-refractivity contribution in [2.45, 2.75) is 12.8 Å².